The molecule has 146 valence electrons. The Balaban J connectivity index is 0.00000261. The van der Waals surface area contributed by atoms with Gasteiger partial charge in [0, 0.05) is 30.7 Å². The van der Waals surface area contributed by atoms with Crippen LogP contribution in [0.2, 0.25) is 0 Å². The highest BCUT2D eigenvalue weighted by Gasteiger charge is 2.29. The molecule has 7 heteroatoms. The number of nitrogens with one attached hydrogen (secondary N) is 1. The number of sulfone groups is 1. The van der Waals surface area contributed by atoms with Gasteiger partial charge in [0.25, 0.3) is 5.91 Å². The lowest BCUT2D eigenvalue weighted by atomic mass is 10.1. The third-order valence-corrected chi connectivity index (χ3v) is 6.62. The summed E-state index contributed by atoms with van der Waals surface area (Å²) in [5.74, 6) is -0.199. The van der Waals surface area contributed by atoms with Gasteiger partial charge in [-0.2, -0.15) is 0 Å². The number of halogens is 1. The van der Waals surface area contributed by atoms with Gasteiger partial charge in [-0.1, -0.05) is 36.4 Å². The van der Waals surface area contributed by atoms with Crippen molar-refractivity contribution in [2.75, 3.05) is 13.1 Å². The zero-order chi connectivity index (χ0) is 18.7. The molecule has 0 radical (unpaired) electrons. The summed E-state index contributed by atoms with van der Waals surface area (Å²) in [5.41, 5.74) is 1.15. The van der Waals surface area contributed by atoms with Crippen LogP contribution in [0.4, 0.5) is 0 Å². The minimum atomic E-state index is -3.51. The predicted molar refractivity (Wildman–Crippen MR) is 109 cm³/mol. The van der Waals surface area contributed by atoms with Gasteiger partial charge >= 0.3 is 0 Å². The first kappa shape index (κ1) is 21.4. The maximum atomic E-state index is 12.9. The smallest absolute Gasteiger partial charge is 0.254 e. The summed E-state index contributed by atoms with van der Waals surface area (Å²) >= 11 is 0. The SMILES string of the molecule is CC1NCCN(C(=O)c2cccc(S(=O)(=O)Cc3ccccc3)c2)C1C.Cl. The number of carbonyl (C=O) groups is 1. The fourth-order valence-electron chi connectivity index (χ4n) is 3.21. The second kappa shape index (κ2) is 8.87. The van der Waals surface area contributed by atoms with Crippen molar-refractivity contribution in [1.29, 1.82) is 0 Å². The molecule has 1 fully saturated rings. The molecule has 2 aromatic rings. The maximum Gasteiger partial charge on any atom is 0.254 e. The van der Waals surface area contributed by atoms with Crippen LogP contribution < -0.4 is 5.32 Å². The highest BCUT2D eigenvalue weighted by atomic mass is 35.5. The molecule has 0 saturated carbocycles. The Bertz CT molecular complexity index is 887. The van der Waals surface area contributed by atoms with Crippen LogP contribution in [-0.4, -0.2) is 44.4 Å². The van der Waals surface area contributed by atoms with Gasteiger partial charge < -0.3 is 10.2 Å². The van der Waals surface area contributed by atoms with E-state index >= 15 is 0 Å². The predicted octanol–water partition coefficient (Wildman–Crippen LogP) is 2.90. The molecule has 0 bridgehead atoms. The van der Waals surface area contributed by atoms with Crippen molar-refractivity contribution >= 4 is 28.2 Å². The van der Waals surface area contributed by atoms with E-state index in [1.807, 2.05) is 36.9 Å². The molecule has 2 aromatic carbocycles. The first-order valence-corrected chi connectivity index (χ1v) is 10.4. The van der Waals surface area contributed by atoms with Crippen molar-refractivity contribution in [3.05, 3.63) is 65.7 Å². The third kappa shape index (κ3) is 4.89. The summed E-state index contributed by atoms with van der Waals surface area (Å²) in [6.45, 7) is 5.41. The lowest BCUT2D eigenvalue weighted by Crippen LogP contribution is -2.57. The van der Waals surface area contributed by atoms with E-state index in [9.17, 15) is 13.2 Å². The highest BCUT2D eigenvalue weighted by molar-refractivity contribution is 7.90. The molecular formula is C20H25ClN2O3S. The molecule has 0 spiro atoms. The number of benzene rings is 2. The Kier molecular flexibility index (Phi) is 7.03. The molecule has 1 aliphatic rings. The number of piperazine rings is 1. The number of hydrogen-bond acceptors (Lipinski definition) is 4. The maximum absolute atomic E-state index is 12.9. The van der Waals surface area contributed by atoms with Gasteiger partial charge in [-0.05, 0) is 37.6 Å². The number of nitrogens with zero attached hydrogens (tertiary/aromatic N) is 1. The zero-order valence-corrected chi connectivity index (χ0v) is 17.1. The standard InChI is InChI=1S/C20H24N2O3S.ClH/c1-15-16(2)22(12-11-21-15)20(23)18-9-6-10-19(13-18)26(24,25)14-17-7-4-3-5-8-17;/h3-10,13,15-16,21H,11-12,14H2,1-2H3;1H. The first-order chi connectivity index (χ1) is 12.4. The lowest BCUT2D eigenvalue weighted by molar-refractivity contribution is 0.0602. The molecule has 1 N–H and O–H groups in total. The Morgan fingerprint density at radius 2 is 1.81 bits per heavy atom. The summed E-state index contributed by atoms with van der Waals surface area (Å²) in [4.78, 5) is 14.9. The van der Waals surface area contributed by atoms with Gasteiger partial charge in [-0.3, -0.25) is 4.79 Å². The fraction of sp³-hybridized carbons (Fsp3) is 0.350. The van der Waals surface area contributed by atoms with Crippen LogP contribution in [0.1, 0.15) is 29.8 Å². The second-order valence-corrected chi connectivity index (χ2v) is 8.74. The second-order valence-electron chi connectivity index (χ2n) is 6.75. The Morgan fingerprint density at radius 3 is 2.52 bits per heavy atom. The van der Waals surface area contributed by atoms with Gasteiger partial charge in [0.15, 0.2) is 9.84 Å². The number of amides is 1. The van der Waals surface area contributed by atoms with E-state index in [-0.39, 0.29) is 41.0 Å². The van der Waals surface area contributed by atoms with Crippen molar-refractivity contribution in [3.8, 4) is 0 Å². The van der Waals surface area contributed by atoms with Gasteiger partial charge in [-0.15, -0.1) is 12.4 Å². The van der Waals surface area contributed by atoms with Crippen molar-refractivity contribution in [2.24, 2.45) is 0 Å². The van der Waals surface area contributed by atoms with Gasteiger partial charge in [0.05, 0.1) is 10.6 Å². The van der Waals surface area contributed by atoms with Crippen LogP contribution in [-0.2, 0) is 15.6 Å². The van der Waals surface area contributed by atoms with Crippen LogP contribution >= 0.6 is 12.4 Å². The summed E-state index contributed by atoms with van der Waals surface area (Å²) in [7, 11) is -3.51. The van der Waals surface area contributed by atoms with Crippen LogP contribution in [0, 0.1) is 0 Å². The van der Waals surface area contributed by atoms with Crippen LogP contribution in [0.15, 0.2) is 59.5 Å². The average molecular weight is 409 g/mol. The molecule has 3 rings (SSSR count). The quantitative estimate of drug-likeness (QED) is 0.844. The highest BCUT2D eigenvalue weighted by Crippen LogP contribution is 2.20. The molecule has 0 aromatic heterocycles. The Hall–Kier alpha value is -1.89. The summed E-state index contributed by atoms with van der Waals surface area (Å²) in [5, 5.41) is 3.34. The number of carbonyl (C=O) groups excluding carboxylic acids is 1. The van der Waals surface area contributed by atoms with E-state index in [1.54, 1.807) is 30.3 Å². The minimum Gasteiger partial charge on any atom is -0.333 e. The van der Waals surface area contributed by atoms with E-state index in [0.29, 0.717) is 12.1 Å². The summed E-state index contributed by atoms with van der Waals surface area (Å²) in [6, 6.07) is 15.7. The van der Waals surface area contributed by atoms with E-state index in [1.165, 1.54) is 6.07 Å². The van der Waals surface area contributed by atoms with E-state index in [4.69, 9.17) is 0 Å². The number of hydrogen-bond donors (Lipinski definition) is 1. The first-order valence-electron chi connectivity index (χ1n) is 8.79. The molecule has 1 amide bonds. The summed E-state index contributed by atoms with van der Waals surface area (Å²) in [6.07, 6.45) is 0. The number of rotatable bonds is 4. The van der Waals surface area contributed by atoms with Gasteiger partial charge in [0.2, 0.25) is 0 Å². The molecule has 2 unspecified atom stereocenters. The minimum absolute atomic E-state index is 0. The summed E-state index contributed by atoms with van der Waals surface area (Å²) < 4.78 is 25.5. The molecule has 1 aliphatic heterocycles. The van der Waals surface area contributed by atoms with Gasteiger partial charge in [-0.25, -0.2) is 8.42 Å². The van der Waals surface area contributed by atoms with Crippen LogP contribution in [0.3, 0.4) is 0 Å². The molecule has 0 aliphatic carbocycles. The molecule has 27 heavy (non-hydrogen) atoms. The third-order valence-electron chi connectivity index (χ3n) is 4.93. The van der Waals surface area contributed by atoms with E-state index in [2.05, 4.69) is 5.32 Å². The zero-order valence-electron chi connectivity index (χ0n) is 15.5. The average Bonchev–Trinajstić information content (AvgIpc) is 2.64. The molecule has 2 atom stereocenters. The Labute approximate surface area is 167 Å². The fourth-order valence-corrected chi connectivity index (χ4v) is 4.60. The van der Waals surface area contributed by atoms with Crippen molar-refractivity contribution in [2.45, 2.75) is 36.6 Å². The monoisotopic (exact) mass is 408 g/mol. The topological polar surface area (TPSA) is 66.5 Å². The molecule has 1 heterocycles. The van der Waals surface area contributed by atoms with Crippen molar-refractivity contribution < 1.29 is 13.2 Å². The van der Waals surface area contributed by atoms with Crippen LogP contribution in [0.25, 0.3) is 0 Å². The van der Waals surface area contributed by atoms with Crippen LogP contribution in [0.5, 0.6) is 0 Å². The molecule has 5 nitrogen and oxygen atoms in total. The van der Waals surface area contributed by atoms with Crippen molar-refractivity contribution in [3.63, 3.8) is 0 Å². The molecule has 1 saturated heterocycles. The molecular weight excluding hydrogens is 384 g/mol. The van der Waals surface area contributed by atoms with Crippen molar-refractivity contribution in [1.82, 2.24) is 10.2 Å². The van der Waals surface area contributed by atoms with E-state index < -0.39 is 9.84 Å². The van der Waals surface area contributed by atoms with E-state index in [0.717, 1.165) is 12.1 Å². The Morgan fingerprint density at radius 1 is 1.11 bits per heavy atom. The lowest BCUT2D eigenvalue weighted by Gasteiger charge is -2.38. The largest absolute Gasteiger partial charge is 0.333 e. The van der Waals surface area contributed by atoms with Gasteiger partial charge in [0.1, 0.15) is 0 Å². The normalized spacial score (nSPS) is 20.0.